The van der Waals surface area contributed by atoms with Crippen molar-refractivity contribution in [2.24, 2.45) is 0 Å². The Morgan fingerprint density at radius 3 is 2.94 bits per heavy atom. The Labute approximate surface area is 119 Å². The van der Waals surface area contributed by atoms with Crippen LogP contribution < -0.4 is 0 Å². The summed E-state index contributed by atoms with van der Waals surface area (Å²) in [5.41, 5.74) is 0.662. The van der Waals surface area contributed by atoms with Gasteiger partial charge in [-0.1, -0.05) is 6.07 Å². The lowest BCUT2D eigenvalue weighted by Gasteiger charge is -2.20. The third kappa shape index (κ3) is 3.17. The molecule has 0 aliphatic heterocycles. The van der Waals surface area contributed by atoms with Crippen LogP contribution in [0.3, 0.4) is 0 Å². The Balaban J connectivity index is 2.15. The maximum absolute atomic E-state index is 12.3. The molecule has 2 aromatic heterocycles. The molecule has 0 saturated heterocycles. The van der Waals surface area contributed by atoms with E-state index in [2.05, 4.69) is 20.9 Å². The maximum atomic E-state index is 12.3. The number of halogens is 1. The zero-order valence-corrected chi connectivity index (χ0v) is 12.4. The van der Waals surface area contributed by atoms with Crippen molar-refractivity contribution >= 4 is 33.2 Å². The van der Waals surface area contributed by atoms with Crippen molar-refractivity contribution in [2.75, 3.05) is 6.54 Å². The predicted molar refractivity (Wildman–Crippen MR) is 76.7 cm³/mol. The molecule has 0 radical (unpaired) electrons. The molecule has 0 N–H and O–H groups in total. The van der Waals surface area contributed by atoms with Gasteiger partial charge in [0.2, 0.25) is 0 Å². The molecule has 0 aliphatic rings. The number of thiophene rings is 1. The van der Waals surface area contributed by atoms with Crippen LogP contribution in [0.4, 0.5) is 0 Å². The molecular weight excluding hydrogens is 312 g/mol. The number of pyridine rings is 1. The van der Waals surface area contributed by atoms with Crippen LogP contribution in [-0.2, 0) is 6.54 Å². The summed E-state index contributed by atoms with van der Waals surface area (Å²) in [6.45, 7) is 3.34. The van der Waals surface area contributed by atoms with Crippen molar-refractivity contribution in [1.82, 2.24) is 9.88 Å². The second-order valence-corrected chi connectivity index (χ2v) is 5.61. The van der Waals surface area contributed by atoms with Crippen molar-refractivity contribution < 1.29 is 4.79 Å². The van der Waals surface area contributed by atoms with Gasteiger partial charge in [0, 0.05) is 23.2 Å². The first-order valence-corrected chi connectivity index (χ1v) is 7.31. The molecular formula is C13H13BrN2OS. The highest BCUT2D eigenvalue weighted by Crippen LogP contribution is 2.15. The van der Waals surface area contributed by atoms with E-state index in [0.29, 0.717) is 23.3 Å². The molecule has 18 heavy (non-hydrogen) atoms. The number of nitrogens with zero attached hydrogens (tertiary/aromatic N) is 2. The van der Waals surface area contributed by atoms with Crippen LogP contribution in [0.1, 0.15) is 22.2 Å². The van der Waals surface area contributed by atoms with E-state index in [9.17, 15) is 4.79 Å². The van der Waals surface area contributed by atoms with Gasteiger partial charge < -0.3 is 4.90 Å². The highest BCUT2D eigenvalue weighted by molar-refractivity contribution is 9.10. The van der Waals surface area contributed by atoms with Gasteiger partial charge in [-0.25, -0.2) is 4.98 Å². The van der Waals surface area contributed by atoms with Crippen LogP contribution >= 0.6 is 27.3 Å². The third-order valence-corrected chi connectivity index (χ3v) is 3.86. The van der Waals surface area contributed by atoms with Gasteiger partial charge in [0.1, 0.15) is 4.60 Å². The van der Waals surface area contributed by atoms with Gasteiger partial charge in [-0.2, -0.15) is 0 Å². The van der Waals surface area contributed by atoms with Crippen LogP contribution in [0.25, 0.3) is 0 Å². The summed E-state index contributed by atoms with van der Waals surface area (Å²) in [4.78, 5) is 19.4. The predicted octanol–water partition coefficient (Wildman–Crippen LogP) is 3.57. The van der Waals surface area contributed by atoms with Gasteiger partial charge >= 0.3 is 0 Å². The van der Waals surface area contributed by atoms with Gasteiger partial charge in [-0.05, 0) is 46.4 Å². The van der Waals surface area contributed by atoms with Gasteiger partial charge in [-0.3, -0.25) is 4.79 Å². The van der Waals surface area contributed by atoms with E-state index in [1.807, 2.05) is 29.3 Å². The number of amides is 1. The fourth-order valence-electron chi connectivity index (χ4n) is 1.64. The zero-order chi connectivity index (χ0) is 13.0. The molecule has 0 spiro atoms. The lowest BCUT2D eigenvalue weighted by Crippen LogP contribution is -2.30. The van der Waals surface area contributed by atoms with E-state index in [1.165, 1.54) is 4.88 Å². The maximum Gasteiger partial charge on any atom is 0.254 e. The first kappa shape index (κ1) is 13.2. The van der Waals surface area contributed by atoms with E-state index in [-0.39, 0.29) is 5.91 Å². The third-order valence-electron chi connectivity index (χ3n) is 2.57. The summed E-state index contributed by atoms with van der Waals surface area (Å²) < 4.78 is 0.681. The van der Waals surface area contributed by atoms with E-state index < -0.39 is 0 Å². The van der Waals surface area contributed by atoms with Gasteiger partial charge in [0.15, 0.2) is 0 Å². The topological polar surface area (TPSA) is 33.2 Å². The molecule has 1 amide bonds. The number of carbonyl (C=O) groups excluding carboxylic acids is 1. The minimum Gasteiger partial charge on any atom is -0.334 e. The average molecular weight is 325 g/mol. The van der Waals surface area contributed by atoms with Crippen molar-refractivity contribution in [1.29, 1.82) is 0 Å². The monoisotopic (exact) mass is 324 g/mol. The van der Waals surface area contributed by atoms with Crippen molar-refractivity contribution in [3.63, 3.8) is 0 Å². The molecule has 94 valence electrons. The molecule has 0 atom stereocenters. The molecule has 5 heteroatoms. The number of carbonyl (C=O) groups is 1. The van der Waals surface area contributed by atoms with E-state index in [4.69, 9.17) is 0 Å². The summed E-state index contributed by atoms with van der Waals surface area (Å²) in [5.74, 6) is 0.0361. The molecule has 0 bridgehead atoms. The Hall–Kier alpha value is -1.20. The van der Waals surface area contributed by atoms with E-state index >= 15 is 0 Å². The molecule has 0 saturated carbocycles. The summed E-state index contributed by atoms with van der Waals surface area (Å²) in [6.07, 6.45) is 1.64. The molecule has 2 rings (SSSR count). The van der Waals surface area contributed by atoms with Gasteiger partial charge in [0.05, 0.1) is 6.54 Å². The highest BCUT2D eigenvalue weighted by atomic mass is 79.9. The Kier molecular flexibility index (Phi) is 4.49. The lowest BCUT2D eigenvalue weighted by atomic mass is 10.2. The molecule has 3 nitrogen and oxygen atoms in total. The van der Waals surface area contributed by atoms with Crippen LogP contribution in [0.5, 0.6) is 0 Å². The normalized spacial score (nSPS) is 10.3. The molecule has 0 aliphatic carbocycles. The first-order valence-electron chi connectivity index (χ1n) is 5.64. The summed E-state index contributed by atoms with van der Waals surface area (Å²) in [5, 5.41) is 2.02. The van der Waals surface area contributed by atoms with Gasteiger partial charge in [-0.15, -0.1) is 11.3 Å². The minimum absolute atomic E-state index is 0.0361. The second kappa shape index (κ2) is 6.11. The fraction of sp³-hybridized carbons (Fsp3) is 0.231. The number of hydrogen-bond acceptors (Lipinski definition) is 3. The molecule has 2 heterocycles. The second-order valence-electron chi connectivity index (χ2n) is 3.77. The Morgan fingerprint density at radius 2 is 2.33 bits per heavy atom. The van der Waals surface area contributed by atoms with Crippen molar-refractivity contribution in [2.45, 2.75) is 13.5 Å². The van der Waals surface area contributed by atoms with Crippen molar-refractivity contribution in [3.8, 4) is 0 Å². The quantitative estimate of drug-likeness (QED) is 0.805. The van der Waals surface area contributed by atoms with E-state index in [1.54, 1.807) is 29.7 Å². The highest BCUT2D eigenvalue weighted by Gasteiger charge is 2.15. The Bertz CT molecular complexity index is 528. The molecule has 0 fully saturated rings. The SMILES string of the molecule is CCN(Cc1cccs1)C(=O)c1ccnc(Br)c1. The molecule has 2 aromatic rings. The van der Waals surface area contributed by atoms with Crippen molar-refractivity contribution in [3.05, 3.63) is 50.9 Å². The van der Waals surface area contributed by atoms with E-state index in [0.717, 1.165) is 0 Å². The summed E-state index contributed by atoms with van der Waals surface area (Å²) in [7, 11) is 0. The standard InChI is InChI=1S/C13H13BrN2OS/c1-2-16(9-11-4-3-7-18-11)13(17)10-5-6-15-12(14)8-10/h3-8H,2,9H2,1H3. The average Bonchev–Trinajstić information content (AvgIpc) is 2.88. The van der Waals surface area contributed by atoms with Crippen LogP contribution in [0.15, 0.2) is 40.4 Å². The van der Waals surface area contributed by atoms with Crippen LogP contribution in [0.2, 0.25) is 0 Å². The van der Waals surface area contributed by atoms with Gasteiger partial charge in [0.25, 0.3) is 5.91 Å². The Morgan fingerprint density at radius 1 is 1.50 bits per heavy atom. The molecule has 0 unspecified atom stereocenters. The largest absolute Gasteiger partial charge is 0.334 e. The molecule has 0 aromatic carbocycles. The van der Waals surface area contributed by atoms with Crippen LogP contribution in [-0.4, -0.2) is 22.3 Å². The first-order chi connectivity index (χ1) is 8.70. The smallest absolute Gasteiger partial charge is 0.254 e. The summed E-state index contributed by atoms with van der Waals surface area (Å²) >= 11 is 4.95. The number of aromatic nitrogens is 1. The summed E-state index contributed by atoms with van der Waals surface area (Å²) in [6, 6.07) is 7.54. The fourth-order valence-corrected chi connectivity index (χ4v) is 2.72. The number of hydrogen-bond donors (Lipinski definition) is 0. The zero-order valence-electron chi connectivity index (χ0n) is 9.97. The van der Waals surface area contributed by atoms with Crippen LogP contribution in [0, 0.1) is 0 Å². The lowest BCUT2D eigenvalue weighted by molar-refractivity contribution is 0.0754. The number of rotatable bonds is 4. The minimum atomic E-state index is 0.0361.